The molecule has 0 bridgehead atoms. The Hall–Kier alpha value is -3.06. The second-order valence-electron chi connectivity index (χ2n) is 7.04. The number of hydrogen-bond donors (Lipinski definition) is 1. The first-order valence-electron chi connectivity index (χ1n) is 9.68. The molecule has 0 fully saturated rings. The highest BCUT2D eigenvalue weighted by Gasteiger charge is 2.14. The predicted octanol–water partition coefficient (Wildman–Crippen LogP) is 4.70. The quantitative estimate of drug-likeness (QED) is 0.400. The molecule has 0 radical (unpaired) electrons. The van der Waals surface area contributed by atoms with Crippen LogP contribution in [0.15, 0.2) is 60.3 Å². The Morgan fingerprint density at radius 3 is 2.73 bits per heavy atom. The zero-order valence-corrected chi connectivity index (χ0v) is 18.3. The molecule has 156 valence electrons. The van der Waals surface area contributed by atoms with E-state index in [0.717, 1.165) is 22.6 Å². The normalized spacial score (nSPS) is 10.6. The van der Waals surface area contributed by atoms with E-state index >= 15 is 0 Å². The molecule has 30 heavy (non-hydrogen) atoms. The molecule has 0 aliphatic heterocycles. The van der Waals surface area contributed by atoms with Gasteiger partial charge in [-0.3, -0.25) is 9.36 Å². The molecule has 1 heterocycles. The van der Waals surface area contributed by atoms with Crippen molar-refractivity contribution < 1.29 is 9.53 Å². The van der Waals surface area contributed by atoms with Crippen LogP contribution in [0.3, 0.4) is 0 Å². The van der Waals surface area contributed by atoms with Crippen molar-refractivity contribution in [3.8, 4) is 5.75 Å². The number of nitrogens with zero attached hydrogens (tertiary/aromatic N) is 3. The second-order valence-corrected chi connectivity index (χ2v) is 7.98. The number of amides is 1. The SMILES string of the molecule is C=CCn1c(COc2cccc(C)c2)nnc1SCC(=O)Nc1ccc(C)c(C)c1. The topological polar surface area (TPSA) is 69.0 Å². The first-order valence-corrected chi connectivity index (χ1v) is 10.7. The van der Waals surface area contributed by atoms with Crippen molar-refractivity contribution in [3.05, 3.63) is 77.6 Å². The summed E-state index contributed by atoms with van der Waals surface area (Å²) in [5, 5.41) is 12.1. The Morgan fingerprint density at radius 1 is 1.17 bits per heavy atom. The largest absolute Gasteiger partial charge is 0.486 e. The van der Waals surface area contributed by atoms with Crippen LogP contribution in [0.25, 0.3) is 0 Å². The van der Waals surface area contributed by atoms with Crippen LogP contribution in [0.1, 0.15) is 22.5 Å². The molecule has 1 N–H and O–H groups in total. The van der Waals surface area contributed by atoms with E-state index in [0.29, 0.717) is 24.1 Å². The molecule has 0 spiro atoms. The maximum atomic E-state index is 12.4. The summed E-state index contributed by atoms with van der Waals surface area (Å²) in [5.74, 6) is 1.62. The van der Waals surface area contributed by atoms with Crippen molar-refractivity contribution in [3.63, 3.8) is 0 Å². The van der Waals surface area contributed by atoms with Gasteiger partial charge in [0.25, 0.3) is 0 Å². The molecular weight excluding hydrogens is 396 g/mol. The number of nitrogens with one attached hydrogen (secondary N) is 1. The van der Waals surface area contributed by atoms with Gasteiger partial charge in [0.05, 0.1) is 5.75 Å². The van der Waals surface area contributed by atoms with Crippen LogP contribution in [0, 0.1) is 20.8 Å². The number of hydrogen-bond acceptors (Lipinski definition) is 5. The van der Waals surface area contributed by atoms with Crippen LogP contribution in [-0.2, 0) is 17.9 Å². The van der Waals surface area contributed by atoms with E-state index < -0.39 is 0 Å². The van der Waals surface area contributed by atoms with Crippen LogP contribution >= 0.6 is 11.8 Å². The second kappa shape index (κ2) is 10.1. The maximum absolute atomic E-state index is 12.4. The lowest BCUT2D eigenvalue weighted by atomic mass is 10.1. The van der Waals surface area contributed by atoms with E-state index in [1.165, 1.54) is 17.3 Å². The number of ether oxygens (including phenoxy) is 1. The molecule has 1 aromatic heterocycles. The van der Waals surface area contributed by atoms with Gasteiger partial charge in [0.15, 0.2) is 11.0 Å². The van der Waals surface area contributed by atoms with Gasteiger partial charge in [-0.1, -0.05) is 36.0 Å². The van der Waals surface area contributed by atoms with E-state index in [4.69, 9.17) is 4.74 Å². The van der Waals surface area contributed by atoms with Gasteiger partial charge < -0.3 is 10.1 Å². The minimum Gasteiger partial charge on any atom is -0.486 e. The number of thioether (sulfide) groups is 1. The minimum absolute atomic E-state index is 0.0889. The van der Waals surface area contributed by atoms with Gasteiger partial charge in [0.1, 0.15) is 12.4 Å². The number of allylic oxidation sites excluding steroid dienone is 1. The molecule has 0 saturated carbocycles. The fraction of sp³-hybridized carbons (Fsp3) is 0.261. The van der Waals surface area contributed by atoms with Gasteiger partial charge in [0.2, 0.25) is 5.91 Å². The van der Waals surface area contributed by atoms with Gasteiger partial charge in [-0.05, 0) is 61.7 Å². The molecule has 7 heteroatoms. The van der Waals surface area contributed by atoms with Crippen molar-refractivity contribution in [1.29, 1.82) is 0 Å². The first kappa shape index (κ1) is 21.6. The molecule has 1 amide bonds. The number of carbonyl (C=O) groups is 1. The van der Waals surface area contributed by atoms with Crippen LogP contribution in [-0.4, -0.2) is 26.4 Å². The summed E-state index contributed by atoms with van der Waals surface area (Å²) in [6, 6.07) is 13.7. The average molecular weight is 423 g/mol. The van der Waals surface area contributed by atoms with Gasteiger partial charge in [-0.25, -0.2) is 0 Å². The van der Waals surface area contributed by atoms with Crippen molar-refractivity contribution in [1.82, 2.24) is 14.8 Å². The maximum Gasteiger partial charge on any atom is 0.234 e. The molecule has 3 rings (SSSR count). The average Bonchev–Trinajstić information content (AvgIpc) is 3.10. The molecule has 6 nitrogen and oxygen atoms in total. The highest BCUT2D eigenvalue weighted by molar-refractivity contribution is 7.99. The fourth-order valence-corrected chi connectivity index (χ4v) is 3.61. The van der Waals surface area contributed by atoms with E-state index in [-0.39, 0.29) is 11.7 Å². The number of rotatable bonds is 9. The third-order valence-corrected chi connectivity index (χ3v) is 5.55. The van der Waals surface area contributed by atoms with Crippen LogP contribution in [0.4, 0.5) is 5.69 Å². The Bertz CT molecular complexity index is 1050. The fourth-order valence-electron chi connectivity index (χ4n) is 2.84. The first-order chi connectivity index (χ1) is 14.5. The zero-order chi connectivity index (χ0) is 21.5. The Morgan fingerprint density at radius 2 is 2.00 bits per heavy atom. The molecule has 0 aliphatic carbocycles. The van der Waals surface area contributed by atoms with E-state index in [1.807, 2.05) is 67.8 Å². The van der Waals surface area contributed by atoms with Crippen molar-refractivity contribution in [2.24, 2.45) is 0 Å². The summed E-state index contributed by atoms with van der Waals surface area (Å²) in [6.07, 6.45) is 1.78. The number of benzene rings is 2. The Kier molecular flexibility index (Phi) is 7.30. The summed E-state index contributed by atoms with van der Waals surface area (Å²) >= 11 is 1.34. The monoisotopic (exact) mass is 422 g/mol. The van der Waals surface area contributed by atoms with E-state index in [2.05, 4.69) is 22.1 Å². The van der Waals surface area contributed by atoms with E-state index in [9.17, 15) is 4.79 Å². The Labute approximate surface area is 181 Å². The number of anilines is 1. The van der Waals surface area contributed by atoms with Crippen molar-refractivity contribution in [2.45, 2.75) is 39.1 Å². The molecule has 0 aliphatic rings. The molecule has 0 unspecified atom stereocenters. The summed E-state index contributed by atoms with van der Waals surface area (Å²) < 4.78 is 7.77. The lowest BCUT2D eigenvalue weighted by Gasteiger charge is -2.10. The minimum atomic E-state index is -0.0889. The zero-order valence-electron chi connectivity index (χ0n) is 17.5. The van der Waals surface area contributed by atoms with Gasteiger partial charge in [-0.2, -0.15) is 0 Å². The third-order valence-electron chi connectivity index (χ3n) is 4.59. The predicted molar refractivity (Wildman–Crippen MR) is 121 cm³/mol. The lowest BCUT2D eigenvalue weighted by molar-refractivity contribution is -0.113. The summed E-state index contributed by atoms with van der Waals surface area (Å²) in [7, 11) is 0. The molecule has 2 aromatic carbocycles. The van der Waals surface area contributed by atoms with Crippen LogP contribution in [0.2, 0.25) is 0 Å². The number of aromatic nitrogens is 3. The lowest BCUT2D eigenvalue weighted by Crippen LogP contribution is -2.15. The smallest absolute Gasteiger partial charge is 0.234 e. The van der Waals surface area contributed by atoms with Crippen molar-refractivity contribution in [2.75, 3.05) is 11.1 Å². The van der Waals surface area contributed by atoms with Crippen molar-refractivity contribution >= 4 is 23.4 Å². The highest BCUT2D eigenvalue weighted by Crippen LogP contribution is 2.20. The van der Waals surface area contributed by atoms with Gasteiger partial charge in [-0.15, -0.1) is 16.8 Å². The molecular formula is C23H26N4O2S. The molecule has 0 atom stereocenters. The standard InChI is InChI=1S/C23H26N4O2S/c1-5-11-27-21(14-29-20-8-6-7-16(2)12-20)25-26-23(27)30-15-22(28)24-19-10-9-17(3)18(4)13-19/h5-10,12-13H,1,11,14-15H2,2-4H3,(H,24,28). The summed E-state index contributed by atoms with van der Waals surface area (Å²) in [4.78, 5) is 12.4. The number of carbonyl (C=O) groups excluding carboxylic acids is 1. The highest BCUT2D eigenvalue weighted by atomic mass is 32.2. The summed E-state index contributed by atoms with van der Waals surface area (Å²) in [6.45, 7) is 10.7. The number of aryl methyl sites for hydroxylation is 3. The van der Waals surface area contributed by atoms with Crippen LogP contribution < -0.4 is 10.1 Å². The Balaban J connectivity index is 1.61. The molecule has 0 saturated heterocycles. The molecule has 3 aromatic rings. The van der Waals surface area contributed by atoms with Gasteiger partial charge in [0, 0.05) is 12.2 Å². The summed E-state index contributed by atoms with van der Waals surface area (Å²) in [5.41, 5.74) is 4.26. The van der Waals surface area contributed by atoms with Gasteiger partial charge >= 0.3 is 0 Å². The third kappa shape index (κ3) is 5.73. The van der Waals surface area contributed by atoms with Crippen LogP contribution in [0.5, 0.6) is 5.75 Å². The van der Waals surface area contributed by atoms with E-state index in [1.54, 1.807) is 6.08 Å².